The molecule has 0 spiro atoms. The van der Waals surface area contributed by atoms with Crippen molar-refractivity contribution in [2.24, 2.45) is 5.73 Å². The Hall–Kier alpha value is -1.84. The van der Waals surface area contributed by atoms with E-state index in [1.807, 2.05) is 26.0 Å². The number of benzene rings is 1. The maximum atomic E-state index is 13.1. The van der Waals surface area contributed by atoms with Crippen LogP contribution >= 0.6 is 0 Å². The van der Waals surface area contributed by atoms with Crippen LogP contribution in [0.25, 0.3) is 0 Å². The van der Waals surface area contributed by atoms with Gasteiger partial charge in [-0.25, -0.2) is 4.31 Å². The molecule has 5 aliphatic heterocycles. The van der Waals surface area contributed by atoms with Crippen LogP contribution in [-0.4, -0.2) is 88.2 Å². The van der Waals surface area contributed by atoms with E-state index < -0.39 is 10.2 Å². The number of hydrogen-bond acceptors (Lipinski definition) is 3. The van der Waals surface area contributed by atoms with E-state index in [1.54, 1.807) is 8.61 Å². The lowest BCUT2D eigenvalue weighted by molar-refractivity contribution is -1.08. The first-order valence-corrected chi connectivity index (χ1v) is 13.0. The van der Waals surface area contributed by atoms with Crippen molar-refractivity contribution in [3.05, 3.63) is 23.8 Å². The second-order valence-corrected chi connectivity index (χ2v) is 12.1. The maximum absolute atomic E-state index is 13.1. The highest BCUT2D eigenvalue weighted by Crippen LogP contribution is 2.50. The van der Waals surface area contributed by atoms with Gasteiger partial charge in [-0.1, -0.05) is 12.1 Å². The van der Waals surface area contributed by atoms with E-state index in [1.165, 1.54) is 5.56 Å². The predicted molar refractivity (Wildman–Crippen MR) is 121 cm³/mol. The molecule has 0 aromatic heterocycles. The number of quaternary nitrogens is 2. The Morgan fingerprint density at radius 3 is 2.39 bits per heavy atom. The third-order valence-corrected chi connectivity index (χ3v) is 10.3. The molecule has 1 unspecified atom stereocenters. The summed E-state index contributed by atoms with van der Waals surface area (Å²) in [5, 5.41) is 0. The lowest BCUT2D eigenvalue weighted by Gasteiger charge is -2.55. The highest BCUT2D eigenvalue weighted by atomic mass is 32.2. The second kappa shape index (κ2) is 7.08. The smallest absolute Gasteiger partial charge is 0.326 e. The number of carbonyl (C=O) groups excluding carboxylic acids is 1. The molecule has 3 saturated heterocycles. The minimum Gasteiger partial charge on any atom is -0.365 e. The van der Waals surface area contributed by atoms with Crippen LogP contribution < -0.4 is 14.3 Å². The van der Waals surface area contributed by atoms with E-state index in [0.29, 0.717) is 19.0 Å². The van der Waals surface area contributed by atoms with Crippen LogP contribution in [-0.2, 0) is 15.0 Å². The van der Waals surface area contributed by atoms with E-state index in [9.17, 15) is 13.2 Å². The molecule has 2 bridgehead atoms. The molecule has 3 fully saturated rings. The molecule has 2 N–H and O–H groups in total. The Morgan fingerprint density at radius 2 is 1.77 bits per heavy atom. The van der Waals surface area contributed by atoms with Crippen molar-refractivity contribution in [1.29, 1.82) is 0 Å². The molecule has 170 valence electrons. The number of hydrogen-bond donors (Lipinski definition) is 1. The first-order valence-electron chi connectivity index (χ1n) is 11.6. The van der Waals surface area contributed by atoms with Gasteiger partial charge in [-0.3, -0.25) is 9.10 Å². The van der Waals surface area contributed by atoms with Crippen molar-refractivity contribution in [3.63, 3.8) is 0 Å². The number of fused-ring (bicyclic) bond motifs is 3. The SMILES string of the molecule is CC(C)N1c2cccc3c2N(CCC3CC[N+]23CC[N+](CC(N)=O)(CC2)CC3)S1(=O)=O. The third kappa shape index (κ3) is 3.24. The number of amides is 1. The minimum atomic E-state index is -3.47. The van der Waals surface area contributed by atoms with Crippen LogP contribution in [0.5, 0.6) is 0 Å². The van der Waals surface area contributed by atoms with Crippen molar-refractivity contribution in [2.45, 2.75) is 38.6 Å². The van der Waals surface area contributed by atoms with Crippen molar-refractivity contribution in [3.8, 4) is 0 Å². The van der Waals surface area contributed by atoms with E-state index in [0.717, 1.165) is 79.0 Å². The van der Waals surface area contributed by atoms with Crippen LogP contribution in [0.3, 0.4) is 0 Å². The summed E-state index contributed by atoms with van der Waals surface area (Å²) in [5.41, 5.74) is 8.46. The van der Waals surface area contributed by atoms with Gasteiger partial charge < -0.3 is 14.7 Å². The van der Waals surface area contributed by atoms with Gasteiger partial charge in [0.2, 0.25) is 0 Å². The number of primary amides is 1. The molecule has 0 aliphatic carbocycles. The summed E-state index contributed by atoms with van der Waals surface area (Å²) in [6.45, 7) is 12.5. The Labute approximate surface area is 185 Å². The first kappa shape index (κ1) is 21.0. The molecular weight excluding hydrogens is 414 g/mol. The molecule has 5 heterocycles. The van der Waals surface area contributed by atoms with Crippen LogP contribution in [0, 0.1) is 0 Å². The van der Waals surface area contributed by atoms with Crippen molar-refractivity contribution in [1.82, 2.24) is 0 Å². The zero-order chi connectivity index (χ0) is 22.0. The molecule has 1 aromatic carbocycles. The van der Waals surface area contributed by atoms with Crippen LogP contribution in [0.1, 0.15) is 38.2 Å². The summed E-state index contributed by atoms with van der Waals surface area (Å²) in [4.78, 5) is 11.5. The highest BCUT2D eigenvalue weighted by molar-refractivity contribution is 7.94. The zero-order valence-corrected chi connectivity index (χ0v) is 19.5. The summed E-state index contributed by atoms with van der Waals surface area (Å²) >= 11 is 0. The third-order valence-electron chi connectivity index (χ3n) is 8.24. The summed E-state index contributed by atoms with van der Waals surface area (Å²) in [6, 6.07) is 6.01. The summed E-state index contributed by atoms with van der Waals surface area (Å²) in [7, 11) is -3.47. The summed E-state index contributed by atoms with van der Waals surface area (Å²) < 4.78 is 31.5. The first-order chi connectivity index (χ1) is 14.7. The molecular formula is C22H35N5O3S+2. The van der Waals surface area contributed by atoms with Crippen LogP contribution in [0.15, 0.2) is 18.2 Å². The fourth-order valence-corrected chi connectivity index (χ4v) is 8.36. The van der Waals surface area contributed by atoms with Gasteiger partial charge >= 0.3 is 10.2 Å². The predicted octanol–water partition coefficient (Wildman–Crippen LogP) is 0.990. The van der Waals surface area contributed by atoms with Crippen LogP contribution in [0.4, 0.5) is 11.4 Å². The van der Waals surface area contributed by atoms with Gasteiger partial charge in [0, 0.05) is 19.0 Å². The minimum absolute atomic E-state index is 0.0978. The Balaban J connectivity index is 1.34. The Kier molecular flexibility index (Phi) is 4.80. The van der Waals surface area contributed by atoms with Crippen molar-refractivity contribution >= 4 is 27.5 Å². The molecule has 1 amide bonds. The van der Waals surface area contributed by atoms with Crippen molar-refractivity contribution in [2.75, 3.05) is 67.5 Å². The molecule has 6 rings (SSSR count). The standard InChI is InChI=1S/C22H34N5O3S/c1-17(2)25-20-5-3-4-19-18(6-8-24(22(19)20)31(25,29)30)7-9-26-10-13-27(14-11-26,15-12-26)16-21(23)28/h3-5,17-18H,6-16H2,1-2H3,(H-,23,28)/q+1/p+1. The lowest BCUT2D eigenvalue weighted by atomic mass is 9.87. The number of para-hydroxylation sites is 1. The average molecular weight is 450 g/mol. The topological polar surface area (TPSA) is 83.7 Å². The Bertz CT molecular complexity index is 984. The van der Waals surface area contributed by atoms with E-state index in [-0.39, 0.29) is 11.9 Å². The molecule has 0 radical (unpaired) electrons. The maximum Gasteiger partial charge on any atom is 0.326 e. The normalized spacial score (nSPS) is 33.1. The molecule has 5 aliphatic rings. The summed E-state index contributed by atoms with van der Waals surface area (Å²) in [6.07, 6.45) is 1.96. The van der Waals surface area contributed by atoms with Gasteiger partial charge in [0.1, 0.15) is 39.3 Å². The fourth-order valence-electron chi connectivity index (χ4n) is 6.45. The molecule has 1 aromatic rings. The van der Waals surface area contributed by atoms with Gasteiger partial charge in [0.05, 0.1) is 17.9 Å². The number of carbonyl (C=O) groups is 1. The monoisotopic (exact) mass is 449 g/mol. The molecule has 31 heavy (non-hydrogen) atoms. The van der Waals surface area contributed by atoms with Gasteiger partial charge in [0.15, 0.2) is 6.54 Å². The number of piperazine rings is 3. The number of rotatable bonds is 6. The van der Waals surface area contributed by atoms with Gasteiger partial charge in [-0.05, 0) is 37.8 Å². The van der Waals surface area contributed by atoms with Gasteiger partial charge in [0.25, 0.3) is 5.91 Å². The number of nitrogens with two attached hydrogens (primary N) is 1. The fraction of sp³-hybridized carbons (Fsp3) is 0.682. The quantitative estimate of drug-likeness (QED) is 0.658. The second-order valence-electron chi connectivity index (χ2n) is 10.3. The Morgan fingerprint density at radius 1 is 1.13 bits per heavy atom. The summed E-state index contributed by atoms with van der Waals surface area (Å²) in [5.74, 6) is 0.215. The lowest BCUT2D eigenvalue weighted by Crippen LogP contribution is -2.76. The van der Waals surface area contributed by atoms with Gasteiger partial charge in [-0.2, -0.15) is 8.42 Å². The van der Waals surface area contributed by atoms with E-state index >= 15 is 0 Å². The molecule has 9 heteroatoms. The molecule has 0 saturated carbocycles. The van der Waals surface area contributed by atoms with E-state index in [2.05, 4.69) is 6.07 Å². The zero-order valence-electron chi connectivity index (χ0n) is 18.7. The molecule has 1 atom stereocenters. The largest absolute Gasteiger partial charge is 0.365 e. The average Bonchev–Trinajstić information content (AvgIpc) is 2.96. The van der Waals surface area contributed by atoms with Gasteiger partial charge in [-0.15, -0.1) is 0 Å². The number of nitrogens with zero attached hydrogens (tertiary/aromatic N) is 4. The molecule has 8 nitrogen and oxygen atoms in total. The number of anilines is 2. The highest BCUT2D eigenvalue weighted by Gasteiger charge is 2.50. The van der Waals surface area contributed by atoms with E-state index in [4.69, 9.17) is 5.73 Å². The van der Waals surface area contributed by atoms with Crippen LogP contribution in [0.2, 0.25) is 0 Å². The van der Waals surface area contributed by atoms with Crippen molar-refractivity contribution < 1.29 is 22.2 Å².